The quantitative estimate of drug-likeness (QED) is 0.559. The fourth-order valence-electron chi connectivity index (χ4n) is 3.30. The highest BCUT2D eigenvalue weighted by Crippen LogP contribution is 2.32. The standard InChI is InChI=1S/C24H29ClN2O5/c1-5-30-22(28)20-10-9-18(16-21(20)31-19-8-6-7-17(25)15-19)26-11-13-27(14-12-26)23(29)32-24(2,3)4/h6-10,15-16H,5,11-14H2,1-4H3. The van der Waals surface area contributed by atoms with E-state index in [2.05, 4.69) is 4.90 Å². The van der Waals surface area contributed by atoms with Gasteiger partial charge in [0.2, 0.25) is 0 Å². The number of benzene rings is 2. The Kier molecular flexibility index (Phi) is 7.51. The summed E-state index contributed by atoms with van der Waals surface area (Å²) in [5.74, 6) is 0.457. The van der Waals surface area contributed by atoms with Gasteiger partial charge in [-0.1, -0.05) is 17.7 Å². The summed E-state index contributed by atoms with van der Waals surface area (Å²) >= 11 is 6.07. The molecule has 1 aliphatic rings. The number of esters is 1. The molecule has 32 heavy (non-hydrogen) atoms. The third kappa shape index (κ3) is 6.29. The first-order valence-corrected chi connectivity index (χ1v) is 11.0. The zero-order chi connectivity index (χ0) is 23.3. The molecule has 2 aromatic rings. The normalized spacial score (nSPS) is 14.2. The van der Waals surface area contributed by atoms with Crippen LogP contribution in [0.2, 0.25) is 5.02 Å². The minimum Gasteiger partial charge on any atom is -0.462 e. The lowest BCUT2D eigenvalue weighted by molar-refractivity contribution is 0.0240. The molecule has 0 saturated carbocycles. The molecule has 0 bridgehead atoms. The lowest BCUT2D eigenvalue weighted by atomic mass is 10.1. The summed E-state index contributed by atoms with van der Waals surface area (Å²) in [6.07, 6.45) is -0.306. The Balaban J connectivity index is 1.77. The summed E-state index contributed by atoms with van der Waals surface area (Å²) in [7, 11) is 0. The Morgan fingerprint density at radius 2 is 1.75 bits per heavy atom. The van der Waals surface area contributed by atoms with E-state index in [1.54, 1.807) is 42.2 Å². The molecule has 8 heteroatoms. The first-order valence-electron chi connectivity index (χ1n) is 10.6. The molecule has 7 nitrogen and oxygen atoms in total. The van der Waals surface area contributed by atoms with Crippen molar-refractivity contribution in [1.82, 2.24) is 4.90 Å². The molecular formula is C24H29ClN2O5. The highest BCUT2D eigenvalue weighted by atomic mass is 35.5. The number of rotatable bonds is 5. The van der Waals surface area contributed by atoms with E-state index in [0.29, 0.717) is 48.3 Å². The Labute approximate surface area is 193 Å². The largest absolute Gasteiger partial charge is 0.462 e. The van der Waals surface area contributed by atoms with E-state index >= 15 is 0 Å². The monoisotopic (exact) mass is 460 g/mol. The van der Waals surface area contributed by atoms with Crippen LogP contribution >= 0.6 is 11.6 Å². The zero-order valence-corrected chi connectivity index (χ0v) is 19.6. The lowest BCUT2D eigenvalue weighted by Gasteiger charge is -2.37. The number of piperazine rings is 1. The summed E-state index contributed by atoms with van der Waals surface area (Å²) < 4.78 is 16.7. The van der Waals surface area contributed by atoms with E-state index in [9.17, 15) is 9.59 Å². The number of nitrogens with zero attached hydrogens (tertiary/aromatic N) is 2. The maximum absolute atomic E-state index is 12.4. The number of hydrogen-bond acceptors (Lipinski definition) is 6. The van der Waals surface area contributed by atoms with Crippen molar-refractivity contribution in [2.45, 2.75) is 33.3 Å². The molecule has 1 fully saturated rings. The van der Waals surface area contributed by atoms with Gasteiger partial charge in [-0.25, -0.2) is 9.59 Å². The van der Waals surface area contributed by atoms with Gasteiger partial charge in [0.15, 0.2) is 0 Å². The molecule has 1 heterocycles. The Morgan fingerprint density at radius 3 is 2.38 bits per heavy atom. The molecule has 3 rings (SSSR count). The topological polar surface area (TPSA) is 68.3 Å². The Bertz CT molecular complexity index is 965. The highest BCUT2D eigenvalue weighted by Gasteiger charge is 2.26. The number of halogens is 1. The van der Waals surface area contributed by atoms with E-state index in [1.807, 2.05) is 32.9 Å². The van der Waals surface area contributed by atoms with Crippen LogP contribution in [0.25, 0.3) is 0 Å². The second-order valence-electron chi connectivity index (χ2n) is 8.41. The van der Waals surface area contributed by atoms with Crippen molar-refractivity contribution in [3.8, 4) is 11.5 Å². The molecule has 172 valence electrons. The second-order valence-corrected chi connectivity index (χ2v) is 8.85. The van der Waals surface area contributed by atoms with Gasteiger partial charge in [-0.3, -0.25) is 0 Å². The van der Waals surface area contributed by atoms with Gasteiger partial charge in [-0.05, 0) is 58.0 Å². The summed E-state index contributed by atoms with van der Waals surface area (Å²) in [5, 5.41) is 0.537. The SMILES string of the molecule is CCOC(=O)c1ccc(N2CCN(C(=O)OC(C)(C)C)CC2)cc1Oc1cccc(Cl)c1. The Morgan fingerprint density at radius 1 is 1.03 bits per heavy atom. The minimum absolute atomic E-state index is 0.268. The van der Waals surface area contributed by atoms with Gasteiger partial charge in [-0.2, -0.15) is 0 Å². The number of amides is 1. The van der Waals surface area contributed by atoms with Crippen molar-refractivity contribution in [3.63, 3.8) is 0 Å². The molecule has 0 atom stereocenters. The molecule has 0 N–H and O–H groups in total. The second kappa shape index (κ2) is 10.1. The van der Waals surface area contributed by atoms with Crippen LogP contribution in [0.3, 0.4) is 0 Å². The average molecular weight is 461 g/mol. The van der Waals surface area contributed by atoms with E-state index < -0.39 is 11.6 Å². The van der Waals surface area contributed by atoms with Gasteiger partial charge in [-0.15, -0.1) is 0 Å². The molecule has 0 aliphatic carbocycles. The van der Waals surface area contributed by atoms with E-state index in [4.69, 9.17) is 25.8 Å². The van der Waals surface area contributed by atoms with Crippen molar-refractivity contribution in [1.29, 1.82) is 0 Å². The number of ether oxygens (including phenoxy) is 3. The summed E-state index contributed by atoms with van der Waals surface area (Å²) in [6, 6.07) is 12.4. The van der Waals surface area contributed by atoms with Gasteiger partial charge < -0.3 is 24.0 Å². The first-order chi connectivity index (χ1) is 15.2. The third-order valence-electron chi connectivity index (χ3n) is 4.78. The maximum Gasteiger partial charge on any atom is 0.410 e. The van der Waals surface area contributed by atoms with Crippen molar-refractivity contribution in [2.24, 2.45) is 0 Å². The molecule has 0 radical (unpaired) electrons. The van der Waals surface area contributed by atoms with Crippen LogP contribution in [0, 0.1) is 0 Å². The van der Waals surface area contributed by atoms with Gasteiger partial charge >= 0.3 is 12.1 Å². The summed E-state index contributed by atoms with van der Waals surface area (Å²) in [6.45, 7) is 9.94. The number of hydrogen-bond donors (Lipinski definition) is 0. The highest BCUT2D eigenvalue weighted by molar-refractivity contribution is 6.30. The van der Waals surface area contributed by atoms with Gasteiger partial charge in [0.05, 0.1) is 6.61 Å². The molecule has 1 saturated heterocycles. The van der Waals surface area contributed by atoms with E-state index in [0.717, 1.165) is 5.69 Å². The molecular weight excluding hydrogens is 432 g/mol. The van der Waals surface area contributed by atoms with E-state index in [-0.39, 0.29) is 12.7 Å². The average Bonchev–Trinajstić information content (AvgIpc) is 2.73. The fraction of sp³-hybridized carbons (Fsp3) is 0.417. The lowest BCUT2D eigenvalue weighted by Crippen LogP contribution is -2.50. The molecule has 0 aromatic heterocycles. The molecule has 1 aliphatic heterocycles. The van der Waals surface area contributed by atoms with Crippen LogP contribution in [0.1, 0.15) is 38.1 Å². The fourth-order valence-corrected chi connectivity index (χ4v) is 3.48. The third-order valence-corrected chi connectivity index (χ3v) is 5.02. The molecule has 0 unspecified atom stereocenters. The van der Waals surface area contributed by atoms with Gasteiger partial charge in [0.1, 0.15) is 22.7 Å². The van der Waals surface area contributed by atoms with Gasteiger partial charge in [0.25, 0.3) is 0 Å². The number of anilines is 1. The number of carbonyl (C=O) groups is 2. The van der Waals surface area contributed by atoms with Crippen LogP contribution in [0.4, 0.5) is 10.5 Å². The van der Waals surface area contributed by atoms with Crippen LogP contribution in [0.15, 0.2) is 42.5 Å². The van der Waals surface area contributed by atoms with Crippen LogP contribution in [-0.4, -0.2) is 55.3 Å². The van der Waals surface area contributed by atoms with Gasteiger partial charge in [0, 0.05) is 43.0 Å². The Hall–Kier alpha value is -2.93. The van der Waals surface area contributed by atoms with Crippen molar-refractivity contribution in [2.75, 3.05) is 37.7 Å². The predicted molar refractivity (Wildman–Crippen MR) is 124 cm³/mol. The molecule has 2 aromatic carbocycles. The summed E-state index contributed by atoms with van der Waals surface area (Å²) in [5.41, 5.74) is 0.700. The number of carbonyl (C=O) groups excluding carboxylic acids is 2. The predicted octanol–water partition coefficient (Wildman–Crippen LogP) is 5.37. The van der Waals surface area contributed by atoms with Crippen LogP contribution in [0.5, 0.6) is 11.5 Å². The smallest absolute Gasteiger partial charge is 0.410 e. The summed E-state index contributed by atoms with van der Waals surface area (Å²) in [4.78, 5) is 28.6. The minimum atomic E-state index is -0.524. The molecule has 1 amide bonds. The van der Waals surface area contributed by atoms with Crippen LogP contribution in [-0.2, 0) is 9.47 Å². The first kappa shape index (κ1) is 23.7. The van der Waals surface area contributed by atoms with Crippen LogP contribution < -0.4 is 9.64 Å². The molecule has 0 spiro atoms. The van der Waals surface area contributed by atoms with Crippen molar-refractivity contribution in [3.05, 3.63) is 53.1 Å². The maximum atomic E-state index is 12.4. The van der Waals surface area contributed by atoms with Crippen molar-refractivity contribution >= 4 is 29.4 Å². The van der Waals surface area contributed by atoms with E-state index in [1.165, 1.54) is 0 Å². The zero-order valence-electron chi connectivity index (χ0n) is 18.9. The van der Waals surface area contributed by atoms with Crippen molar-refractivity contribution < 1.29 is 23.8 Å².